The highest BCUT2D eigenvalue weighted by Crippen LogP contribution is 2.38. The molecule has 0 unspecified atom stereocenters. The molecule has 0 atom stereocenters. The van der Waals surface area contributed by atoms with Gasteiger partial charge in [0.1, 0.15) is 5.75 Å². The van der Waals surface area contributed by atoms with Gasteiger partial charge in [-0.2, -0.15) is 21.6 Å². The Morgan fingerprint density at radius 3 is 1.47 bits per heavy atom. The molecule has 0 heterocycles. The summed E-state index contributed by atoms with van der Waals surface area (Å²) in [7, 11) is -5.76. The summed E-state index contributed by atoms with van der Waals surface area (Å²) in [6.07, 6.45) is 0. The number of rotatable bonds is 4. The van der Waals surface area contributed by atoms with Gasteiger partial charge in [0, 0.05) is 0 Å². The van der Waals surface area contributed by atoms with Crippen LogP contribution in [0.3, 0.4) is 0 Å². The van der Waals surface area contributed by atoms with Crippen LogP contribution in [0.15, 0.2) is 115 Å². The molecule has 0 aliphatic heterocycles. The van der Waals surface area contributed by atoms with Crippen LogP contribution in [-0.4, -0.2) is 13.9 Å². The Morgan fingerprint density at radius 1 is 0.474 bits per heavy atom. The fourth-order valence-electron chi connectivity index (χ4n) is 4.87. The maximum atomic E-state index is 12.8. The normalized spacial score (nSPS) is 12.3. The lowest BCUT2D eigenvalue weighted by molar-refractivity contribution is -0.0500. The predicted molar refractivity (Wildman–Crippen MR) is 145 cm³/mol. The summed E-state index contributed by atoms with van der Waals surface area (Å²) in [5, 5.41) is 6.96. The van der Waals surface area contributed by atoms with Crippen LogP contribution in [-0.2, 0) is 10.1 Å². The number of halogens is 3. The zero-order chi connectivity index (χ0) is 26.5. The Hall–Kier alpha value is -4.36. The van der Waals surface area contributed by atoms with Crippen LogP contribution in [0.1, 0.15) is 0 Å². The molecule has 0 saturated carbocycles. The van der Waals surface area contributed by atoms with E-state index in [9.17, 15) is 21.6 Å². The first-order chi connectivity index (χ1) is 18.2. The summed E-state index contributed by atoms with van der Waals surface area (Å²) >= 11 is 0. The fraction of sp³-hybridized carbons (Fsp3) is 0.0323. The van der Waals surface area contributed by atoms with Crippen molar-refractivity contribution in [3.63, 3.8) is 0 Å². The minimum atomic E-state index is -5.76. The molecule has 6 aromatic carbocycles. The highest BCUT2D eigenvalue weighted by atomic mass is 32.2. The van der Waals surface area contributed by atoms with Crippen molar-refractivity contribution in [1.29, 1.82) is 0 Å². The molecule has 6 aromatic rings. The highest BCUT2D eigenvalue weighted by molar-refractivity contribution is 7.88. The van der Waals surface area contributed by atoms with E-state index in [4.69, 9.17) is 0 Å². The molecule has 38 heavy (non-hydrogen) atoms. The highest BCUT2D eigenvalue weighted by Gasteiger charge is 2.48. The van der Waals surface area contributed by atoms with Crippen LogP contribution in [0.25, 0.3) is 54.6 Å². The number of hydrogen-bond donors (Lipinski definition) is 0. The Kier molecular flexibility index (Phi) is 5.61. The van der Waals surface area contributed by atoms with E-state index >= 15 is 0 Å². The summed E-state index contributed by atoms with van der Waals surface area (Å²) in [6.45, 7) is 0. The topological polar surface area (TPSA) is 43.4 Å². The third-order valence-electron chi connectivity index (χ3n) is 6.60. The van der Waals surface area contributed by atoms with Gasteiger partial charge in [0.2, 0.25) is 0 Å². The molecule has 3 nitrogen and oxygen atoms in total. The lowest BCUT2D eigenvalue weighted by Crippen LogP contribution is -2.28. The maximum absolute atomic E-state index is 12.8. The summed E-state index contributed by atoms with van der Waals surface area (Å²) in [5.74, 6) is -0.408. The van der Waals surface area contributed by atoms with Gasteiger partial charge >= 0.3 is 15.6 Å². The quantitative estimate of drug-likeness (QED) is 0.131. The van der Waals surface area contributed by atoms with E-state index < -0.39 is 21.4 Å². The monoisotopic (exact) mass is 528 g/mol. The molecule has 0 bridgehead atoms. The van der Waals surface area contributed by atoms with Gasteiger partial charge in [-0.3, -0.25) is 0 Å². The standard InChI is InChI=1S/C31H19F3O3S/c32-31(33,34)38(35,36)37-24-10-6-9-22(18-24)20-7-5-8-21(17-20)23-15-16-29-27-13-2-1-11-25(27)26-12-3-4-14-28(26)30(29)19-23/h1-19H. The molecule has 0 fully saturated rings. The molecular weight excluding hydrogens is 509 g/mol. The van der Waals surface area contributed by atoms with Gasteiger partial charge in [0.25, 0.3) is 0 Å². The van der Waals surface area contributed by atoms with Crippen molar-refractivity contribution in [2.45, 2.75) is 5.51 Å². The molecule has 0 aromatic heterocycles. The molecule has 0 aliphatic carbocycles. The van der Waals surface area contributed by atoms with E-state index in [1.54, 1.807) is 6.07 Å². The molecular formula is C31H19F3O3S. The Morgan fingerprint density at radius 2 is 0.921 bits per heavy atom. The SMILES string of the molecule is O=S(=O)(Oc1cccc(-c2cccc(-c3ccc4c5ccccc5c5ccccc5c4c3)c2)c1)C(F)(F)F. The van der Waals surface area contributed by atoms with Crippen molar-refractivity contribution in [3.8, 4) is 28.0 Å². The molecule has 0 amide bonds. The average Bonchev–Trinajstić information content (AvgIpc) is 2.92. The maximum Gasteiger partial charge on any atom is 0.534 e. The van der Waals surface area contributed by atoms with Crippen molar-refractivity contribution >= 4 is 42.4 Å². The lowest BCUT2D eigenvalue weighted by Gasteiger charge is -2.13. The second-order valence-corrected chi connectivity index (χ2v) is 10.5. The summed E-state index contributed by atoms with van der Waals surface area (Å²) < 4.78 is 65.5. The molecule has 0 spiro atoms. The van der Waals surface area contributed by atoms with Gasteiger partial charge in [-0.05, 0) is 78.8 Å². The van der Waals surface area contributed by atoms with E-state index in [-0.39, 0.29) is 0 Å². The number of alkyl halides is 3. The van der Waals surface area contributed by atoms with Gasteiger partial charge < -0.3 is 4.18 Å². The minimum Gasteiger partial charge on any atom is -0.376 e. The zero-order valence-electron chi connectivity index (χ0n) is 19.7. The number of benzene rings is 6. The van der Waals surface area contributed by atoms with Crippen LogP contribution in [0.2, 0.25) is 0 Å². The third-order valence-corrected chi connectivity index (χ3v) is 7.58. The van der Waals surface area contributed by atoms with Crippen molar-refractivity contribution in [2.24, 2.45) is 0 Å². The Labute approximate surface area is 216 Å². The summed E-state index contributed by atoms with van der Waals surface area (Å²) in [5.41, 5.74) is -2.38. The minimum absolute atomic E-state index is 0.408. The molecule has 7 heteroatoms. The van der Waals surface area contributed by atoms with Crippen LogP contribution >= 0.6 is 0 Å². The molecule has 0 radical (unpaired) electrons. The fourth-order valence-corrected chi connectivity index (χ4v) is 5.32. The largest absolute Gasteiger partial charge is 0.534 e. The van der Waals surface area contributed by atoms with Crippen molar-refractivity contribution in [1.82, 2.24) is 0 Å². The van der Waals surface area contributed by atoms with Gasteiger partial charge in [0.15, 0.2) is 0 Å². The Bertz CT molecular complexity index is 1930. The van der Waals surface area contributed by atoms with Crippen molar-refractivity contribution in [2.75, 3.05) is 0 Å². The van der Waals surface area contributed by atoms with Gasteiger partial charge in [-0.15, -0.1) is 0 Å². The average molecular weight is 529 g/mol. The molecule has 6 rings (SSSR count). The third kappa shape index (κ3) is 4.15. The van der Waals surface area contributed by atoms with Crippen LogP contribution in [0.4, 0.5) is 13.2 Å². The second-order valence-electron chi connectivity index (χ2n) is 8.94. The zero-order valence-corrected chi connectivity index (χ0v) is 20.6. The lowest BCUT2D eigenvalue weighted by atomic mass is 9.91. The van der Waals surface area contributed by atoms with Crippen molar-refractivity contribution < 1.29 is 25.8 Å². The second kappa shape index (κ2) is 8.89. The first-order valence-electron chi connectivity index (χ1n) is 11.8. The van der Waals surface area contributed by atoms with E-state index in [1.165, 1.54) is 34.4 Å². The first-order valence-corrected chi connectivity index (χ1v) is 13.2. The van der Waals surface area contributed by atoms with E-state index in [0.29, 0.717) is 11.1 Å². The predicted octanol–water partition coefficient (Wildman–Crippen LogP) is 8.71. The smallest absolute Gasteiger partial charge is 0.376 e. The van der Waals surface area contributed by atoms with Gasteiger partial charge in [-0.1, -0.05) is 91.0 Å². The van der Waals surface area contributed by atoms with Crippen LogP contribution in [0.5, 0.6) is 5.75 Å². The number of fused-ring (bicyclic) bond motifs is 6. The first kappa shape index (κ1) is 24.0. The van der Waals surface area contributed by atoms with E-state index in [1.807, 2.05) is 48.5 Å². The van der Waals surface area contributed by atoms with E-state index in [2.05, 4.69) is 46.6 Å². The van der Waals surface area contributed by atoms with Crippen molar-refractivity contribution in [3.05, 3.63) is 115 Å². The van der Waals surface area contributed by atoms with Crippen LogP contribution < -0.4 is 4.18 Å². The Balaban J connectivity index is 1.44. The number of hydrogen-bond acceptors (Lipinski definition) is 3. The summed E-state index contributed by atoms with van der Waals surface area (Å²) in [4.78, 5) is 0. The molecule has 0 saturated heterocycles. The summed E-state index contributed by atoms with van der Waals surface area (Å²) in [6, 6.07) is 36.1. The van der Waals surface area contributed by atoms with E-state index in [0.717, 1.165) is 27.3 Å². The molecule has 0 aliphatic rings. The molecule has 188 valence electrons. The van der Waals surface area contributed by atoms with Crippen LogP contribution in [0, 0.1) is 0 Å². The van der Waals surface area contributed by atoms with Gasteiger partial charge in [0.05, 0.1) is 0 Å². The molecule has 0 N–H and O–H groups in total. The van der Waals surface area contributed by atoms with Gasteiger partial charge in [-0.25, -0.2) is 0 Å².